The molecule has 2 aromatic rings. The van der Waals surface area contributed by atoms with Crippen LogP contribution in [0.2, 0.25) is 0 Å². The minimum absolute atomic E-state index is 0.0712. The predicted octanol–water partition coefficient (Wildman–Crippen LogP) is 2.01. The highest BCUT2D eigenvalue weighted by molar-refractivity contribution is 7.90. The molecule has 0 saturated carbocycles. The molecule has 0 bridgehead atoms. The summed E-state index contributed by atoms with van der Waals surface area (Å²) in [6, 6.07) is 7.50. The Morgan fingerprint density at radius 1 is 1.35 bits per heavy atom. The van der Waals surface area contributed by atoms with Gasteiger partial charge in [-0.25, -0.2) is 13.4 Å². The van der Waals surface area contributed by atoms with E-state index < -0.39 is 9.84 Å². The van der Waals surface area contributed by atoms with Crippen molar-refractivity contribution in [3.05, 3.63) is 24.3 Å². The number of fused-ring (bicyclic) bond motifs is 1. The molecule has 0 amide bonds. The molecule has 1 aliphatic rings. The monoisotopic (exact) mass is 294 g/mol. The van der Waals surface area contributed by atoms with E-state index in [0.717, 1.165) is 31.4 Å². The summed E-state index contributed by atoms with van der Waals surface area (Å²) in [4.78, 5) is 4.27. The highest BCUT2D eigenvalue weighted by Crippen LogP contribution is 2.22. The number of benzene rings is 1. The number of hydrogen-bond donors (Lipinski definition) is 0. The van der Waals surface area contributed by atoms with E-state index in [0.29, 0.717) is 12.1 Å². The lowest BCUT2D eigenvalue weighted by atomic mass is 10.1. The van der Waals surface area contributed by atoms with Crippen LogP contribution in [0.5, 0.6) is 0 Å². The van der Waals surface area contributed by atoms with Gasteiger partial charge in [0.05, 0.1) is 23.7 Å². The summed E-state index contributed by atoms with van der Waals surface area (Å²) >= 11 is 0. The summed E-state index contributed by atoms with van der Waals surface area (Å²) < 4.78 is 31.4. The van der Waals surface area contributed by atoms with Gasteiger partial charge in [-0.2, -0.15) is 0 Å². The number of rotatable bonds is 3. The number of imidazole rings is 1. The lowest BCUT2D eigenvalue weighted by Gasteiger charge is -2.23. The van der Waals surface area contributed by atoms with E-state index in [4.69, 9.17) is 4.74 Å². The van der Waals surface area contributed by atoms with Gasteiger partial charge in [-0.05, 0) is 31.4 Å². The number of aromatic nitrogens is 2. The average molecular weight is 294 g/mol. The first kappa shape index (κ1) is 13.6. The van der Waals surface area contributed by atoms with Gasteiger partial charge in [0.25, 0.3) is 0 Å². The first-order chi connectivity index (χ1) is 9.55. The summed E-state index contributed by atoms with van der Waals surface area (Å²) in [5, 5.41) is 0.132. The Bertz CT molecular complexity index is 715. The van der Waals surface area contributed by atoms with Crippen molar-refractivity contribution in [1.82, 2.24) is 9.55 Å². The van der Waals surface area contributed by atoms with Crippen LogP contribution >= 0.6 is 0 Å². The molecule has 3 rings (SSSR count). The van der Waals surface area contributed by atoms with Crippen LogP contribution in [0.3, 0.4) is 0 Å². The number of sulfone groups is 1. The third-order valence-electron chi connectivity index (χ3n) is 3.61. The van der Waals surface area contributed by atoms with Crippen molar-refractivity contribution in [2.45, 2.75) is 37.1 Å². The first-order valence-corrected chi connectivity index (χ1v) is 8.72. The Morgan fingerprint density at radius 2 is 2.15 bits per heavy atom. The molecule has 1 saturated heterocycles. The molecule has 1 aliphatic heterocycles. The van der Waals surface area contributed by atoms with Crippen molar-refractivity contribution >= 4 is 20.9 Å². The Hall–Kier alpha value is -1.40. The van der Waals surface area contributed by atoms with Gasteiger partial charge < -0.3 is 9.30 Å². The van der Waals surface area contributed by atoms with Gasteiger partial charge in [-0.1, -0.05) is 12.1 Å². The Morgan fingerprint density at radius 3 is 2.85 bits per heavy atom. The van der Waals surface area contributed by atoms with Gasteiger partial charge in [-0.15, -0.1) is 0 Å². The summed E-state index contributed by atoms with van der Waals surface area (Å²) in [5.74, 6) is 0. The van der Waals surface area contributed by atoms with Gasteiger partial charge in [0.2, 0.25) is 15.0 Å². The van der Waals surface area contributed by atoms with Gasteiger partial charge >= 0.3 is 0 Å². The molecule has 2 heterocycles. The van der Waals surface area contributed by atoms with Crippen molar-refractivity contribution in [2.24, 2.45) is 0 Å². The quantitative estimate of drug-likeness (QED) is 0.869. The van der Waals surface area contributed by atoms with Crippen molar-refractivity contribution in [1.29, 1.82) is 0 Å². The fraction of sp³-hybridized carbons (Fsp3) is 0.500. The molecular weight excluding hydrogens is 276 g/mol. The normalized spacial score (nSPS) is 20.4. The molecule has 1 fully saturated rings. The molecular formula is C14H18N2O3S. The number of ether oxygens (including phenoxy) is 1. The molecule has 6 heteroatoms. The second-order valence-electron chi connectivity index (χ2n) is 5.25. The second-order valence-corrected chi connectivity index (χ2v) is 7.16. The van der Waals surface area contributed by atoms with E-state index in [1.165, 1.54) is 6.26 Å². The molecule has 1 aromatic heterocycles. The number of para-hydroxylation sites is 2. The molecule has 1 aromatic carbocycles. The third-order valence-corrected chi connectivity index (χ3v) is 4.59. The summed E-state index contributed by atoms with van der Waals surface area (Å²) in [5.41, 5.74) is 1.56. The zero-order chi connectivity index (χ0) is 14.2. The van der Waals surface area contributed by atoms with Crippen LogP contribution in [0.25, 0.3) is 11.0 Å². The minimum atomic E-state index is -3.35. The Labute approximate surface area is 118 Å². The fourth-order valence-corrected chi connectivity index (χ4v) is 3.51. The van der Waals surface area contributed by atoms with E-state index in [9.17, 15) is 8.42 Å². The smallest absolute Gasteiger partial charge is 0.228 e. The average Bonchev–Trinajstić information content (AvgIpc) is 2.79. The second kappa shape index (κ2) is 5.18. The molecule has 20 heavy (non-hydrogen) atoms. The maximum Gasteiger partial charge on any atom is 0.228 e. The topological polar surface area (TPSA) is 61.2 Å². The van der Waals surface area contributed by atoms with Crippen LogP contribution in [0.1, 0.15) is 19.3 Å². The largest absolute Gasteiger partial charge is 0.376 e. The highest BCUT2D eigenvalue weighted by Gasteiger charge is 2.23. The van der Waals surface area contributed by atoms with Crippen molar-refractivity contribution in [3.8, 4) is 0 Å². The molecule has 0 spiro atoms. The third kappa shape index (κ3) is 2.58. The van der Waals surface area contributed by atoms with Crippen LogP contribution in [0.4, 0.5) is 0 Å². The molecule has 0 aliphatic carbocycles. The van der Waals surface area contributed by atoms with Crippen LogP contribution in [-0.4, -0.2) is 36.9 Å². The van der Waals surface area contributed by atoms with Crippen molar-refractivity contribution in [2.75, 3.05) is 12.9 Å². The molecule has 0 N–H and O–H groups in total. The van der Waals surface area contributed by atoms with Gasteiger partial charge in [0.1, 0.15) is 0 Å². The summed E-state index contributed by atoms with van der Waals surface area (Å²) in [7, 11) is -3.35. The minimum Gasteiger partial charge on any atom is -0.376 e. The van der Waals surface area contributed by atoms with Gasteiger partial charge in [-0.3, -0.25) is 0 Å². The zero-order valence-corrected chi connectivity index (χ0v) is 12.3. The fourth-order valence-electron chi connectivity index (χ4n) is 2.67. The molecule has 1 atom stereocenters. The highest BCUT2D eigenvalue weighted by atomic mass is 32.2. The zero-order valence-electron chi connectivity index (χ0n) is 11.4. The van der Waals surface area contributed by atoms with Gasteiger partial charge in [0, 0.05) is 12.9 Å². The van der Waals surface area contributed by atoms with Crippen LogP contribution in [0.15, 0.2) is 29.4 Å². The Balaban J connectivity index is 2.06. The van der Waals surface area contributed by atoms with E-state index >= 15 is 0 Å². The molecule has 0 unspecified atom stereocenters. The first-order valence-electron chi connectivity index (χ1n) is 6.82. The summed E-state index contributed by atoms with van der Waals surface area (Å²) in [6.07, 6.45) is 4.45. The van der Waals surface area contributed by atoms with Crippen molar-refractivity contribution < 1.29 is 13.2 Å². The maximum absolute atomic E-state index is 11.9. The van der Waals surface area contributed by atoms with E-state index in [-0.39, 0.29) is 11.3 Å². The van der Waals surface area contributed by atoms with Crippen LogP contribution in [0, 0.1) is 0 Å². The van der Waals surface area contributed by atoms with E-state index in [2.05, 4.69) is 4.98 Å². The van der Waals surface area contributed by atoms with E-state index in [1.54, 1.807) is 4.57 Å². The van der Waals surface area contributed by atoms with Crippen LogP contribution in [-0.2, 0) is 21.1 Å². The molecule has 0 radical (unpaired) electrons. The standard InChI is InChI=1S/C14H18N2O3S/c1-20(17,18)14-15-12-7-2-3-8-13(12)16(14)10-11-6-4-5-9-19-11/h2-3,7-8,11H,4-6,9-10H2,1H3/t11-/m0/s1. The maximum atomic E-state index is 11.9. The molecule has 5 nitrogen and oxygen atoms in total. The van der Waals surface area contributed by atoms with Crippen LogP contribution < -0.4 is 0 Å². The van der Waals surface area contributed by atoms with Crippen molar-refractivity contribution in [3.63, 3.8) is 0 Å². The predicted molar refractivity (Wildman–Crippen MR) is 76.4 cm³/mol. The lowest BCUT2D eigenvalue weighted by Crippen LogP contribution is -2.25. The number of hydrogen-bond acceptors (Lipinski definition) is 4. The Kier molecular flexibility index (Phi) is 3.52. The van der Waals surface area contributed by atoms with E-state index in [1.807, 2.05) is 24.3 Å². The van der Waals surface area contributed by atoms with Gasteiger partial charge in [0.15, 0.2) is 0 Å². The lowest BCUT2D eigenvalue weighted by molar-refractivity contribution is 0.00527. The number of nitrogens with zero attached hydrogens (tertiary/aromatic N) is 2. The summed E-state index contributed by atoms with van der Waals surface area (Å²) in [6.45, 7) is 1.30. The molecule has 108 valence electrons. The SMILES string of the molecule is CS(=O)(=O)c1nc2ccccc2n1C[C@@H]1CCCCO1.